The highest BCUT2D eigenvalue weighted by Crippen LogP contribution is 2.41. The van der Waals surface area contributed by atoms with Gasteiger partial charge in [0.2, 0.25) is 0 Å². The Morgan fingerprint density at radius 1 is 0.964 bits per heavy atom. The summed E-state index contributed by atoms with van der Waals surface area (Å²) in [6.45, 7) is 11.6. The van der Waals surface area contributed by atoms with E-state index in [1.165, 1.54) is 7.11 Å². The molecular formula is C22H40O6. The van der Waals surface area contributed by atoms with Gasteiger partial charge < -0.3 is 14.9 Å². The molecule has 4 unspecified atom stereocenters. The quantitative estimate of drug-likeness (QED) is 0.398. The number of hydrogen-bond donors (Lipinski definition) is 2. The second kappa shape index (κ2) is 11.4. The number of carboxylic acids is 2. The van der Waals surface area contributed by atoms with E-state index < -0.39 is 29.2 Å². The second-order valence-corrected chi connectivity index (χ2v) is 9.43. The first-order chi connectivity index (χ1) is 12.8. The maximum atomic E-state index is 12.4. The number of rotatable bonds is 14. The number of aliphatic carboxylic acids is 2. The van der Waals surface area contributed by atoms with Crippen molar-refractivity contribution in [3.05, 3.63) is 0 Å². The Morgan fingerprint density at radius 3 is 1.96 bits per heavy atom. The molecule has 0 amide bonds. The number of unbranched alkanes of at least 4 members (excludes halogenated alkanes) is 1. The average Bonchev–Trinajstić information content (AvgIpc) is 2.58. The Bertz CT molecular complexity index is 527. The van der Waals surface area contributed by atoms with Gasteiger partial charge in [0.05, 0.1) is 24.4 Å². The van der Waals surface area contributed by atoms with E-state index in [1.54, 1.807) is 13.8 Å². The van der Waals surface area contributed by atoms with Crippen LogP contribution >= 0.6 is 0 Å². The van der Waals surface area contributed by atoms with E-state index >= 15 is 0 Å². The molecule has 0 saturated heterocycles. The summed E-state index contributed by atoms with van der Waals surface area (Å²) in [5, 5.41) is 18.8. The maximum absolute atomic E-state index is 12.4. The number of carbonyl (C=O) groups excluding carboxylic acids is 1. The number of esters is 1. The summed E-state index contributed by atoms with van der Waals surface area (Å²) in [7, 11) is 1.32. The molecule has 2 N–H and O–H groups in total. The predicted molar refractivity (Wildman–Crippen MR) is 109 cm³/mol. The molecule has 0 heterocycles. The molecule has 0 aromatic carbocycles. The van der Waals surface area contributed by atoms with Crippen molar-refractivity contribution in [2.24, 2.45) is 28.6 Å². The maximum Gasteiger partial charge on any atom is 0.311 e. The van der Waals surface area contributed by atoms with Gasteiger partial charge in [0, 0.05) is 0 Å². The molecule has 0 aromatic rings. The van der Waals surface area contributed by atoms with Gasteiger partial charge in [0.25, 0.3) is 0 Å². The van der Waals surface area contributed by atoms with Crippen LogP contribution in [0.5, 0.6) is 0 Å². The first-order valence-corrected chi connectivity index (χ1v) is 10.3. The Hall–Kier alpha value is -1.59. The molecule has 6 heteroatoms. The summed E-state index contributed by atoms with van der Waals surface area (Å²) < 4.78 is 4.95. The van der Waals surface area contributed by atoms with Crippen LogP contribution in [-0.2, 0) is 19.1 Å². The number of ether oxygens (including phenoxy) is 1. The van der Waals surface area contributed by atoms with Crippen LogP contribution < -0.4 is 0 Å². The molecule has 6 nitrogen and oxygen atoms in total. The molecule has 0 radical (unpaired) electrons. The van der Waals surface area contributed by atoms with Crippen molar-refractivity contribution in [2.45, 2.75) is 86.5 Å². The summed E-state index contributed by atoms with van der Waals surface area (Å²) >= 11 is 0. The third-order valence-corrected chi connectivity index (χ3v) is 5.96. The Morgan fingerprint density at radius 2 is 1.54 bits per heavy atom. The van der Waals surface area contributed by atoms with Crippen molar-refractivity contribution in [1.29, 1.82) is 0 Å². The van der Waals surface area contributed by atoms with Gasteiger partial charge in [-0.2, -0.15) is 0 Å². The van der Waals surface area contributed by atoms with Gasteiger partial charge in [-0.3, -0.25) is 14.4 Å². The normalized spacial score (nSPS) is 17.2. The van der Waals surface area contributed by atoms with Crippen LogP contribution in [0.25, 0.3) is 0 Å². The van der Waals surface area contributed by atoms with Gasteiger partial charge in [-0.15, -0.1) is 0 Å². The van der Waals surface area contributed by atoms with Crippen LogP contribution in [0.3, 0.4) is 0 Å². The standard InChI is InChI=1S/C22H40O6/c1-8-9-10-17(19(25)26)15(2)13-21(4,5)11-12-22(6,20(27)28-7)14-16(3)18(23)24/h15-17H,8-14H2,1-7H3,(H,23,24)(H,25,26). The number of hydrogen-bond acceptors (Lipinski definition) is 4. The molecule has 164 valence electrons. The number of carbonyl (C=O) groups is 3. The van der Waals surface area contributed by atoms with Crippen LogP contribution in [-0.4, -0.2) is 35.2 Å². The van der Waals surface area contributed by atoms with E-state index in [-0.39, 0.29) is 23.7 Å². The molecule has 0 aliphatic heterocycles. The van der Waals surface area contributed by atoms with Crippen molar-refractivity contribution in [3.63, 3.8) is 0 Å². The highest BCUT2D eigenvalue weighted by atomic mass is 16.5. The molecule has 0 fully saturated rings. The molecule has 28 heavy (non-hydrogen) atoms. The fourth-order valence-electron chi connectivity index (χ4n) is 4.10. The zero-order valence-corrected chi connectivity index (χ0v) is 18.7. The smallest absolute Gasteiger partial charge is 0.311 e. The highest BCUT2D eigenvalue weighted by molar-refractivity contribution is 5.78. The number of methoxy groups -OCH3 is 1. The minimum Gasteiger partial charge on any atom is -0.481 e. The third kappa shape index (κ3) is 8.61. The van der Waals surface area contributed by atoms with Crippen LogP contribution in [0, 0.1) is 28.6 Å². The van der Waals surface area contributed by atoms with Gasteiger partial charge in [0.15, 0.2) is 0 Å². The molecule has 4 atom stereocenters. The first kappa shape index (κ1) is 26.4. The van der Waals surface area contributed by atoms with Crippen LogP contribution in [0.2, 0.25) is 0 Å². The molecular weight excluding hydrogens is 360 g/mol. The number of carboxylic acid groups (broad SMARTS) is 2. The van der Waals surface area contributed by atoms with Gasteiger partial charge in [-0.05, 0) is 50.4 Å². The zero-order valence-electron chi connectivity index (χ0n) is 18.7. The fourth-order valence-corrected chi connectivity index (χ4v) is 4.10. The molecule has 0 aliphatic carbocycles. The van der Waals surface area contributed by atoms with E-state index in [4.69, 9.17) is 4.74 Å². The van der Waals surface area contributed by atoms with Crippen molar-refractivity contribution in [1.82, 2.24) is 0 Å². The van der Waals surface area contributed by atoms with Crippen molar-refractivity contribution in [2.75, 3.05) is 7.11 Å². The lowest BCUT2D eigenvalue weighted by Crippen LogP contribution is -2.35. The monoisotopic (exact) mass is 400 g/mol. The summed E-state index contributed by atoms with van der Waals surface area (Å²) in [5.41, 5.74) is -1.04. The minimum absolute atomic E-state index is 0.0291. The molecule has 0 aliphatic rings. The minimum atomic E-state index is -0.928. The predicted octanol–water partition coefficient (Wildman–Crippen LogP) is 5.00. The Labute approximate surface area is 170 Å². The molecule has 0 saturated carbocycles. The Balaban J connectivity index is 5.14. The van der Waals surface area contributed by atoms with Crippen LogP contribution in [0.4, 0.5) is 0 Å². The largest absolute Gasteiger partial charge is 0.481 e. The van der Waals surface area contributed by atoms with Gasteiger partial charge in [-0.25, -0.2) is 0 Å². The van der Waals surface area contributed by atoms with E-state index in [0.717, 1.165) is 19.3 Å². The second-order valence-electron chi connectivity index (χ2n) is 9.43. The zero-order chi connectivity index (χ0) is 22.1. The van der Waals surface area contributed by atoms with E-state index in [2.05, 4.69) is 20.8 Å². The molecule has 0 bridgehead atoms. The highest BCUT2D eigenvalue weighted by Gasteiger charge is 2.39. The van der Waals surface area contributed by atoms with Gasteiger partial charge in [0.1, 0.15) is 0 Å². The van der Waals surface area contributed by atoms with E-state index in [0.29, 0.717) is 19.3 Å². The average molecular weight is 401 g/mol. The summed E-state index contributed by atoms with van der Waals surface area (Å²) in [4.78, 5) is 35.3. The lowest BCUT2D eigenvalue weighted by molar-refractivity contribution is -0.155. The topological polar surface area (TPSA) is 101 Å². The lowest BCUT2D eigenvalue weighted by atomic mass is 9.70. The third-order valence-electron chi connectivity index (χ3n) is 5.96. The van der Waals surface area contributed by atoms with Crippen LogP contribution in [0.1, 0.15) is 86.5 Å². The van der Waals surface area contributed by atoms with Crippen LogP contribution in [0.15, 0.2) is 0 Å². The summed E-state index contributed by atoms with van der Waals surface area (Å²) in [6.07, 6.45) is 4.70. The lowest BCUT2D eigenvalue weighted by Gasteiger charge is -2.35. The van der Waals surface area contributed by atoms with Gasteiger partial charge >= 0.3 is 17.9 Å². The van der Waals surface area contributed by atoms with E-state index in [1.807, 2.05) is 6.92 Å². The molecule has 0 rings (SSSR count). The van der Waals surface area contributed by atoms with E-state index in [9.17, 15) is 24.6 Å². The summed E-state index contributed by atoms with van der Waals surface area (Å²) in [6, 6.07) is 0. The van der Waals surface area contributed by atoms with Gasteiger partial charge in [-0.1, -0.05) is 47.5 Å². The van der Waals surface area contributed by atoms with Crippen molar-refractivity contribution < 1.29 is 29.3 Å². The fraction of sp³-hybridized carbons (Fsp3) is 0.864. The van der Waals surface area contributed by atoms with Crippen molar-refractivity contribution >= 4 is 17.9 Å². The Kier molecular flexibility index (Phi) is 10.8. The summed E-state index contributed by atoms with van der Waals surface area (Å²) in [5.74, 6) is -3.04. The molecule has 0 aromatic heterocycles. The SMILES string of the molecule is CCCCC(C(=O)O)C(C)CC(C)(C)CCC(C)(CC(C)C(=O)O)C(=O)OC. The molecule has 0 spiro atoms. The van der Waals surface area contributed by atoms with Crippen molar-refractivity contribution in [3.8, 4) is 0 Å². The first-order valence-electron chi connectivity index (χ1n) is 10.3.